The lowest BCUT2D eigenvalue weighted by molar-refractivity contribution is -0.310. The zero-order chi connectivity index (χ0) is 17.9. The molecular weight excluding hydrogens is 350 g/mol. The number of carbonyl (C=O) groups is 2. The summed E-state index contributed by atoms with van der Waals surface area (Å²) in [5.41, 5.74) is 0.637. The van der Waals surface area contributed by atoms with Crippen molar-refractivity contribution in [3.05, 3.63) is 28.7 Å². The van der Waals surface area contributed by atoms with Crippen LogP contribution in [0.3, 0.4) is 0 Å². The molecule has 1 N–H and O–H groups in total. The number of amides is 1. The Bertz CT molecular complexity index is 716. The van der Waals surface area contributed by atoms with E-state index in [1.54, 1.807) is 32.1 Å². The van der Waals surface area contributed by atoms with Crippen molar-refractivity contribution >= 4 is 46.3 Å². The number of carbonyl (C=O) groups excluding carboxylic acids is 2. The largest absolute Gasteiger partial charge is 0.548 e. The van der Waals surface area contributed by atoms with Gasteiger partial charge in [-0.2, -0.15) is 0 Å². The first-order chi connectivity index (χ1) is 11.4. The monoisotopic (exact) mass is 366 g/mol. The normalized spacial score (nSPS) is 17.4. The topological polar surface area (TPSA) is 89.9 Å². The minimum atomic E-state index is -1.33. The van der Waals surface area contributed by atoms with Gasteiger partial charge in [-0.1, -0.05) is 37.0 Å². The van der Waals surface area contributed by atoms with Crippen molar-refractivity contribution in [2.24, 2.45) is 0 Å². The third-order valence-corrected chi connectivity index (χ3v) is 4.71. The maximum Gasteiger partial charge on any atom is 0.266 e. The Morgan fingerprint density at radius 2 is 2.21 bits per heavy atom. The molecule has 24 heavy (non-hydrogen) atoms. The molecule has 0 spiro atoms. The number of hydrogen-bond acceptors (Lipinski definition) is 7. The highest BCUT2D eigenvalue weighted by molar-refractivity contribution is 8.26. The Balaban J connectivity index is 2.32. The van der Waals surface area contributed by atoms with Gasteiger partial charge in [0.1, 0.15) is 4.32 Å². The SMILES string of the molecule is CCOc1cc(/C=C2\SC(=S)N([C@H](CC)C(=O)[O-])C2=O)ccc1O. The highest BCUT2D eigenvalue weighted by atomic mass is 32.2. The van der Waals surface area contributed by atoms with E-state index in [2.05, 4.69) is 0 Å². The molecule has 1 fully saturated rings. The van der Waals surface area contributed by atoms with Gasteiger partial charge in [0, 0.05) is 0 Å². The van der Waals surface area contributed by atoms with Gasteiger partial charge in [-0.15, -0.1) is 0 Å². The number of thioether (sulfide) groups is 1. The maximum atomic E-state index is 12.5. The molecule has 2 rings (SSSR count). The fraction of sp³-hybridized carbons (Fsp3) is 0.312. The zero-order valence-corrected chi connectivity index (χ0v) is 14.8. The van der Waals surface area contributed by atoms with E-state index in [0.29, 0.717) is 22.8 Å². The molecule has 128 valence electrons. The van der Waals surface area contributed by atoms with Crippen molar-refractivity contribution in [1.82, 2.24) is 4.90 Å². The van der Waals surface area contributed by atoms with Gasteiger partial charge in [-0.25, -0.2) is 0 Å². The minimum Gasteiger partial charge on any atom is -0.548 e. The second-order valence-corrected chi connectivity index (χ2v) is 6.63. The number of nitrogens with zero attached hydrogens (tertiary/aromatic N) is 1. The maximum absolute atomic E-state index is 12.5. The number of phenolic OH excluding ortho intramolecular Hbond substituents is 1. The number of carboxylic acids is 1. The Morgan fingerprint density at radius 1 is 1.50 bits per heavy atom. The van der Waals surface area contributed by atoms with Crippen molar-refractivity contribution in [3.8, 4) is 11.5 Å². The molecule has 1 aromatic rings. The van der Waals surface area contributed by atoms with Crippen LogP contribution in [-0.4, -0.2) is 38.9 Å². The molecule has 0 aliphatic carbocycles. The number of ether oxygens (including phenoxy) is 1. The lowest BCUT2D eigenvalue weighted by Crippen LogP contribution is -2.49. The molecule has 8 heteroatoms. The fourth-order valence-electron chi connectivity index (χ4n) is 2.25. The van der Waals surface area contributed by atoms with E-state index in [1.165, 1.54) is 6.07 Å². The Labute approximate surface area is 149 Å². The van der Waals surface area contributed by atoms with E-state index in [-0.39, 0.29) is 16.5 Å². The number of thiocarbonyl (C=S) groups is 1. The van der Waals surface area contributed by atoms with E-state index >= 15 is 0 Å². The Hall–Kier alpha value is -2.06. The van der Waals surface area contributed by atoms with Gasteiger partial charge in [0.2, 0.25) is 0 Å². The Morgan fingerprint density at radius 3 is 2.79 bits per heavy atom. The molecular formula is C16H16NO5S2-. The molecule has 1 amide bonds. The first kappa shape index (κ1) is 18.3. The minimum absolute atomic E-state index is 0.00421. The summed E-state index contributed by atoms with van der Waals surface area (Å²) in [7, 11) is 0. The van der Waals surface area contributed by atoms with Gasteiger partial charge in [0.25, 0.3) is 5.91 Å². The van der Waals surface area contributed by atoms with Gasteiger partial charge in [-0.3, -0.25) is 9.69 Å². The van der Waals surface area contributed by atoms with Crippen molar-refractivity contribution < 1.29 is 24.5 Å². The van der Waals surface area contributed by atoms with Gasteiger partial charge in [-0.05, 0) is 37.1 Å². The third-order valence-electron chi connectivity index (χ3n) is 3.38. The molecule has 1 aromatic carbocycles. The summed E-state index contributed by atoms with van der Waals surface area (Å²) in [6.45, 7) is 3.84. The first-order valence-corrected chi connectivity index (χ1v) is 8.55. The van der Waals surface area contributed by atoms with Crippen LogP contribution in [0.25, 0.3) is 6.08 Å². The van der Waals surface area contributed by atoms with Crippen LogP contribution in [0.5, 0.6) is 11.5 Å². The lowest BCUT2D eigenvalue weighted by Gasteiger charge is -2.26. The van der Waals surface area contributed by atoms with Crippen LogP contribution in [0.2, 0.25) is 0 Å². The number of aliphatic carboxylic acids is 1. The molecule has 1 aliphatic heterocycles. The molecule has 1 saturated heterocycles. The van der Waals surface area contributed by atoms with Crippen LogP contribution in [0.4, 0.5) is 0 Å². The molecule has 0 bridgehead atoms. The van der Waals surface area contributed by atoms with Crippen LogP contribution in [0.15, 0.2) is 23.1 Å². The number of rotatable bonds is 6. The summed E-state index contributed by atoms with van der Waals surface area (Å²) in [5.74, 6) is -1.49. The summed E-state index contributed by atoms with van der Waals surface area (Å²) >= 11 is 6.17. The average Bonchev–Trinajstić information content (AvgIpc) is 2.79. The average molecular weight is 366 g/mol. The molecule has 1 aliphatic rings. The zero-order valence-electron chi connectivity index (χ0n) is 13.1. The molecule has 0 saturated carbocycles. The van der Waals surface area contributed by atoms with Gasteiger partial charge in [0.15, 0.2) is 11.5 Å². The molecule has 0 unspecified atom stereocenters. The van der Waals surface area contributed by atoms with Crippen molar-refractivity contribution in [3.63, 3.8) is 0 Å². The molecule has 6 nitrogen and oxygen atoms in total. The summed E-state index contributed by atoms with van der Waals surface area (Å²) in [6, 6.07) is 3.61. The second kappa shape index (κ2) is 7.67. The first-order valence-electron chi connectivity index (χ1n) is 7.32. The Kier molecular flexibility index (Phi) is 5.84. The van der Waals surface area contributed by atoms with Gasteiger partial charge < -0.3 is 19.7 Å². The number of hydrogen-bond donors (Lipinski definition) is 1. The molecule has 0 aromatic heterocycles. The number of benzene rings is 1. The summed E-state index contributed by atoms with van der Waals surface area (Å²) in [5, 5.41) is 20.9. The predicted octanol–water partition coefficient (Wildman–Crippen LogP) is 1.52. The number of aromatic hydroxyl groups is 1. The van der Waals surface area contributed by atoms with Crippen molar-refractivity contribution in [2.45, 2.75) is 26.3 Å². The van der Waals surface area contributed by atoms with E-state index in [0.717, 1.165) is 16.7 Å². The summed E-state index contributed by atoms with van der Waals surface area (Å²) in [6.07, 6.45) is 1.79. The van der Waals surface area contributed by atoms with Gasteiger partial charge >= 0.3 is 0 Å². The number of carboxylic acid groups (broad SMARTS) is 1. The van der Waals surface area contributed by atoms with Crippen molar-refractivity contribution in [2.75, 3.05) is 6.61 Å². The summed E-state index contributed by atoms with van der Waals surface area (Å²) in [4.78, 5) is 25.1. The van der Waals surface area contributed by atoms with Crippen molar-refractivity contribution in [1.29, 1.82) is 0 Å². The predicted molar refractivity (Wildman–Crippen MR) is 93.4 cm³/mol. The molecule has 0 radical (unpaired) electrons. The van der Waals surface area contributed by atoms with Crippen LogP contribution in [0.1, 0.15) is 25.8 Å². The van der Waals surface area contributed by atoms with Crippen LogP contribution in [-0.2, 0) is 9.59 Å². The highest BCUT2D eigenvalue weighted by Crippen LogP contribution is 2.35. The van der Waals surface area contributed by atoms with E-state index in [9.17, 15) is 19.8 Å². The van der Waals surface area contributed by atoms with E-state index in [1.807, 2.05) is 0 Å². The van der Waals surface area contributed by atoms with E-state index < -0.39 is 17.9 Å². The second-order valence-electron chi connectivity index (χ2n) is 4.95. The number of phenols is 1. The summed E-state index contributed by atoms with van der Waals surface area (Å²) < 4.78 is 5.49. The standard InChI is InChI=1S/C16H17NO5S2/c1-3-10(15(20)21)17-14(19)13(24-16(17)23)8-9-5-6-11(18)12(7-9)22-4-2/h5-8,10,18H,3-4H2,1-2H3,(H,20,21)/p-1/b13-8-/t10-/m1/s1. The highest BCUT2D eigenvalue weighted by Gasteiger charge is 2.37. The molecule has 1 atom stereocenters. The third kappa shape index (κ3) is 3.70. The fourth-order valence-corrected chi connectivity index (χ4v) is 3.60. The van der Waals surface area contributed by atoms with Crippen LogP contribution < -0.4 is 9.84 Å². The van der Waals surface area contributed by atoms with Crippen LogP contribution in [0, 0.1) is 0 Å². The smallest absolute Gasteiger partial charge is 0.266 e. The quantitative estimate of drug-likeness (QED) is 0.603. The lowest BCUT2D eigenvalue weighted by atomic mass is 10.1. The molecule has 1 heterocycles. The van der Waals surface area contributed by atoms with Crippen LogP contribution >= 0.6 is 24.0 Å². The van der Waals surface area contributed by atoms with Gasteiger partial charge in [0.05, 0.1) is 23.5 Å². The van der Waals surface area contributed by atoms with E-state index in [4.69, 9.17) is 17.0 Å².